The number of rotatable bonds is 10. The van der Waals surface area contributed by atoms with Gasteiger partial charge in [-0.3, -0.25) is 19.2 Å². The van der Waals surface area contributed by atoms with E-state index >= 15 is 0 Å². The quantitative estimate of drug-likeness (QED) is 0.304. The molecule has 14 nitrogen and oxygen atoms in total. The van der Waals surface area contributed by atoms with Gasteiger partial charge in [0.15, 0.2) is 24.1 Å². The van der Waals surface area contributed by atoms with Gasteiger partial charge in [0.05, 0.1) is 6.61 Å². The number of carbonyl (C=O) groups excluding carboxylic acids is 4. The fourth-order valence-electron chi connectivity index (χ4n) is 3.65. The fraction of sp³-hybridized carbons (Fsp3) is 0.522. The number of hydrogen-bond acceptors (Lipinski definition) is 13. The van der Waals surface area contributed by atoms with Crippen molar-refractivity contribution >= 4 is 35.5 Å². The van der Waals surface area contributed by atoms with Gasteiger partial charge < -0.3 is 28.4 Å². The van der Waals surface area contributed by atoms with Crippen molar-refractivity contribution in [3.63, 3.8) is 0 Å². The first-order chi connectivity index (χ1) is 18.0. The molecule has 5 atom stereocenters. The van der Waals surface area contributed by atoms with Crippen LogP contribution in [0, 0.1) is 0 Å². The van der Waals surface area contributed by atoms with Gasteiger partial charge in [-0.25, -0.2) is 0 Å². The third-order valence-corrected chi connectivity index (χ3v) is 5.32. The minimum atomic E-state index is -1.35. The number of carbonyl (C=O) groups is 4. The van der Waals surface area contributed by atoms with E-state index in [2.05, 4.69) is 15.4 Å². The molecular formula is C23H27ClN4O10. The zero-order valence-corrected chi connectivity index (χ0v) is 21.8. The minimum Gasteiger partial charge on any atom is -0.493 e. The van der Waals surface area contributed by atoms with Gasteiger partial charge in [-0.05, 0) is 29.5 Å². The van der Waals surface area contributed by atoms with E-state index in [4.69, 9.17) is 40.0 Å². The molecule has 1 fully saturated rings. The summed E-state index contributed by atoms with van der Waals surface area (Å²) in [6.07, 6.45) is -6.13. The third kappa shape index (κ3) is 8.11. The lowest BCUT2D eigenvalue weighted by atomic mass is 9.97. The Balaban J connectivity index is 1.85. The summed E-state index contributed by atoms with van der Waals surface area (Å²) in [5, 5.41) is 12.8. The van der Waals surface area contributed by atoms with Gasteiger partial charge in [0.1, 0.15) is 18.5 Å². The van der Waals surface area contributed by atoms with Crippen LogP contribution in [0.5, 0.6) is 5.75 Å². The zero-order valence-electron chi connectivity index (χ0n) is 21.1. The molecule has 1 aromatic heterocycles. The Hall–Kier alpha value is -3.78. The van der Waals surface area contributed by atoms with Crippen LogP contribution < -0.4 is 4.74 Å². The number of nitrogens with zero attached hydrogens (tertiary/aromatic N) is 4. The molecule has 0 amide bonds. The number of benzene rings is 1. The second kappa shape index (κ2) is 13.1. The molecule has 0 N–H and O–H groups in total. The number of esters is 4. The number of tetrazole rings is 1. The van der Waals surface area contributed by atoms with Gasteiger partial charge in [-0.15, -0.1) is 15.0 Å². The van der Waals surface area contributed by atoms with Crippen LogP contribution in [0.2, 0.25) is 5.02 Å². The highest BCUT2D eigenvalue weighted by atomic mass is 35.5. The van der Waals surface area contributed by atoms with Crippen LogP contribution in [0.4, 0.5) is 0 Å². The molecule has 1 saturated heterocycles. The Kier molecular flexibility index (Phi) is 9.96. The number of hydrogen-bond donors (Lipinski definition) is 0. The lowest BCUT2D eigenvalue weighted by Crippen LogP contribution is -2.60. The number of aromatic nitrogens is 4. The fourth-order valence-corrected chi connectivity index (χ4v) is 3.77. The van der Waals surface area contributed by atoms with Crippen molar-refractivity contribution in [2.45, 2.75) is 64.8 Å². The predicted octanol–water partition coefficient (Wildman–Crippen LogP) is 1.20. The number of ether oxygens (including phenoxy) is 6. The highest BCUT2D eigenvalue weighted by molar-refractivity contribution is 6.30. The number of halogens is 1. The van der Waals surface area contributed by atoms with Crippen LogP contribution >= 0.6 is 11.6 Å². The van der Waals surface area contributed by atoms with E-state index in [-0.39, 0.29) is 25.5 Å². The summed E-state index contributed by atoms with van der Waals surface area (Å²) < 4.78 is 32.9. The molecule has 1 aliphatic heterocycles. The molecule has 0 aliphatic carbocycles. The van der Waals surface area contributed by atoms with Crippen LogP contribution in [0.15, 0.2) is 24.3 Å². The standard InChI is InChI=1S/C23H27ClN4O10/c1-12(29)34-11-18-20(35-13(2)30)21(36-14(3)31)22(37-15(4)32)23(38-18)28-26-19(25-27-28)9-10-33-17-7-5-16(24)6-8-17/h5-8,18,20-23H,9-11H2,1-4H3. The summed E-state index contributed by atoms with van der Waals surface area (Å²) >= 11 is 5.87. The highest BCUT2D eigenvalue weighted by Crippen LogP contribution is 2.34. The van der Waals surface area contributed by atoms with E-state index in [1.807, 2.05) is 0 Å². The monoisotopic (exact) mass is 554 g/mol. The predicted molar refractivity (Wildman–Crippen MR) is 126 cm³/mol. The largest absolute Gasteiger partial charge is 0.493 e. The van der Waals surface area contributed by atoms with Crippen LogP contribution in [-0.2, 0) is 49.3 Å². The van der Waals surface area contributed by atoms with Gasteiger partial charge in [0, 0.05) is 39.1 Å². The average Bonchev–Trinajstić information content (AvgIpc) is 3.29. The van der Waals surface area contributed by atoms with Crippen molar-refractivity contribution in [3.05, 3.63) is 35.1 Å². The molecule has 1 aromatic carbocycles. The maximum absolute atomic E-state index is 12.0. The first kappa shape index (κ1) is 28.8. The summed E-state index contributed by atoms with van der Waals surface area (Å²) in [7, 11) is 0. The minimum absolute atomic E-state index is 0.214. The van der Waals surface area contributed by atoms with Gasteiger partial charge >= 0.3 is 23.9 Å². The van der Waals surface area contributed by atoms with E-state index in [1.165, 1.54) is 6.92 Å². The Morgan fingerprint density at radius 2 is 1.50 bits per heavy atom. The first-order valence-electron chi connectivity index (χ1n) is 11.5. The Bertz CT molecular complexity index is 1140. The molecule has 0 saturated carbocycles. The normalized spacial score (nSPS) is 22.7. The molecule has 2 aromatic rings. The maximum atomic E-state index is 12.0. The molecule has 0 spiro atoms. The third-order valence-electron chi connectivity index (χ3n) is 5.07. The molecule has 38 heavy (non-hydrogen) atoms. The Morgan fingerprint density at radius 1 is 0.895 bits per heavy atom. The van der Waals surface area contributed by atoms with Gasteiger partial charge in [0.2, 0.25) is 6.23 Å². The molecule has 3 rings (SSSR count). The summed E-state index contributed by atoms with van der Waals surface area (Å²) in [6, 6.07) is 6.81. The van der Waals surface area contributed by atoms with Crippen molar-refractivity contribution in [1.82, 2.24) is 20.2 Å². The van der Waals surface area contributed by atoms with Crippen LogP contribution in [0.3, 0.4) is 0 Å². The van der Waals surface area contributed by atoms with Crippen molar-refractivity contribution in [2.24, 2.45) is 0 Å². The second-order valence-corrected chi connectivity index (χ2v) is 8.60. The highest BCUT2D eigenvalue weighted by Gasteiger charge is 2.53. The first-order valence-corrected chi connectivity index (χ1v) is 11.9. The van der Waals surface area contributed by atoms with Gasteiger partial charge in [-0.2, -0.15) is 0 Å². The van der Waals surface area contributed by atoms with E-state index in [9.17, 15) is 19.2 Å². The lowest BCUT2D eigenvalue weighted by Gasteiger charge is -2.43. The van der Waals surface area contributed by atoms with Crippen molar-refractivity contribution in [2.75, 3.05) is 13.2 Å². The molecule has 2 heterocycles. The van der Waals surface area contributed by atoms with E-state index in [0.29, 0.717) is 10.8 Å². The SMILES string of the molecule is CC(=O)OCC1OC(n2nnc(CCOc3ccc(Cl)cc3)n2)C(OC(C)=O)C(OC(C)=O)C1OC(C)=O. The summed E-state index contributed by atoms with van der Waals surface area (Å²) in [6.45, 7) is 4.44. The Morgan fingerprint density at radius 3 is 2.11 bits per heavy atom. The van der Waals surface area contributed by atoms with Crippen LogP contribution in [0.1, 0.15) is 39.7 Å². The summed E-state index contributed by atoms with van der Waals surface area (Å²) in [5.74, 6) is -1.97. The average molecular weight is 555 g/mol. The molecule has 0 radical (unpaired) electrons. The summed E-state index contributed by atoms with van der Waals surface area (Å²) in [5.41, 5.74) is 0. The van der Waals surface area contributed by atoms with Crippen molar-refractivity contribution in [1.29, 1.82) is 0 Å². The van der Waals surface area contributed by atoms with E-state index in [1.54, 1.807) is 24.3 Å². The molecule has 1 aliphatic rings. The Labute approximate surface area is 222 Å². The van der Waals surface area contributed by atoms with Crippen LogP contribution in [0.25, 0.3) is 0 Å². The smallest absolute Gasteiger partial charge is 0.303 e. The molecule has 5 unspecified atom stereocenters. The second-order valence-electron chi connectivity index (χ2n) is 8.17. The lowest BCUT2D eigenvalue weighted by molar-refractivity contribution is -0.272. The topological polar surface area (TPSA) is 167 Å². The summed E-state index contributed by atoms with van der Waals surface area (Å²) in [4.78, 5) is 48.2. The molecule has 15 heteroatoms. The van der Waals surface area contributed by atoms with Crippen molar-refractivity contribution in [3.8, 4) is 5.75 Å². The van der Waals surface area contributed by atoms with Gasteiger partial charge in [-0.1, -0.05) is 11.6 Å². The van der Waals surface area contributed by atoms with Crippen molar-refractivity contribution < 1.29 is 47.6 Å². The molecule has 206 valence electrons. The zero-order chi connectivity index (χ0) is 27.8. The molecular weight excluding hydrogens is 528 g/mol. The van der Waals surface area contributed by atoms with Crippen LogP contribution in [-0.4, -0.2) is 81.7 Å². The van der Waals surface area contributed by atoms with Gasteiger partial charge in [0.25, 0.3) is 0 Å². The molecule has 0 bridgehead atoms. The van der Waals surface area contributed by atoms with E-state index in [0.717, 1.165) is 25.6 Å². The van der Waals surface area contributed by atoms with E-state index < -0.39 is 54.5 Å². The maximum Gasteiger partial charge on any atom is 0.303 e.